The molecule has 1 N–H and O–H groups in total. The maximum absolute atomic E-state index is 13.6. The van der Waals surface area contributed by atoms with Crippen molar-refractivity contribution in [2.24, 2.45) is 0 Å². The molecule has 3 aromatic rings. The third kappa shape index (κ3) is 5.24. The number of hydrogen-bond donors (Lipinski definition) is 1. The summed E-state index contributed by atoms with van der Waals surface area (Å²) in [6.45, 7) is 3.85. The van der Waals surface area contributed by atoms with Gasteiger partial charge >= 0.3 is 0 Å². The van der Waals surface area contributed by atoms with Gasteiger partial charge in [0.2, 0.25) is 0 Å². The number of rotatable bonds is 6. The number of fused-ring (bicyclic) bond motifs is 1. The van der Waals surface area contributed by atoms with Crippen LogP contribution in [0.15, 0.2) is 65.5 Å². The van der Waals surface area contributed by atoms with Gasteiger partial charge in [-0.1, -0.05) is 18.6 Å². The van der Waals surface area contributed by atoms with Crippen LogP contribution >= 0.6 is 0 Å². The highest BCUT2D eigenvalue weighted by molar-refractivity contribution is 7.90. The number of benzene rings is 1. The molecule has 0 saturated heterocycles. The van der Waals surface area contributed by atoms with Crippen LogP contribution < -0.4 is 5.32 Å². The van der Waals surface area contributed by atoms with E-state index in [1.165, 1.54) is 24.4 Å². The minimum Gasteiger partial charge on any atom is -0.345 e. The Balaban J connectivity index is 1.71. The molecule has 0 aliphatic heterocycles. The van der Waals surface area contributed by atoms with Gasteiger partial charge in [0, 0.05) is 23.6 Å². The van der Waals surface area contributed by atoms with E-state index in [1.54, 1.807) is 29.1 Å². The summed E-state index contributed by atoms with van der Waals surface area (Å²) in [5.74, 6) is -0.599. The largest absolute Gasteiger partial charge is 0.345 e. The topological polar surface area (TPSA) is 93.9 Å². The van der Waals surface area contributed by atoms with Crippen molar-refractivity contribution in [1.29, 1.82) is 0 Å². The summed E-state index contributed by atoms with van der Waals surface area (Å²) in [5, 5.41) is 7.54. The zero-order chi connectivity index (χ0) is 25.2. The van der Waals surface area contributed by atoms with E-state index in [2.05, 4.69) is 15.4 Å². The van der Waals surface area contributed by atoms with E-state index in [9.17, 15) is 17.6 Å². The Labute approximate surface area is 204 Å². The molecule has 0 fully saturated rings. The number of nitrogens with one attached hydrogen (secondary N) is 1. The second-order valence-corrected chi connectivity index (χ2v) is 10.5. The lowest BCUT2D eigenvalue weighted by molar-refractivity contribution is -0.116. The Bertz CT molecular complexity index is 1420. The molecule has 1 atom stereocenters. The quantitative estimate of drug-likeness (QED) is 0.538. The second kappa shape index (κ2) is 9.95. The third-order valence-corrected chi connectivity index (χ3v) is 7.00. The molecule has 9 heteroatoms. The molecule has 2 aromatic heterocycles. The van der Waals surface area contributed by atoms with Crippen LogP contribution in [0.4, 0.5) is 4.39 Å². The van der Waals surface area contributed by atoms with Crippen molar-refractivity contribution in [2.45, 2.75) is 44.2 Å². The monoisotopic (exact) mass is 494 g/mol. The Kier molecular flexibility index (Phi) is 6.98. The Morgan fingerprint density at radius 3 is 2.66 bits per heavy atom. The molecule has 4 rings (SSSR count). The minimum atomic E-state index is -3.48. The summed E-state index contributed by atoms with van der Waals surface area (Å²) in [6, 6.07) is 8.84. The number of allylic oxidation sites excluding steroid dienone is 2. The van der Waals surface area contributed by atoms with Crippen LogP contribution in [0, 0.1) is 5.82 Å². The lowest BCUT2D eigenvalue weighted by atomic mass is 9.94. The van der Waals surface area contributed by atoms with Crippen molar-refractivity contribution in [3.8, 4) is 5.69 Å². The number of aromatic nitrogens is 3. The average molecular weight is 495 g/mol. The fourth-order valence-corrected chi connectivity index (χ4v) is 4.76. The number of halogens is 1. The molecule has 182 valence electrons. The molecule has 35 heavy (non-hydrogen) atoms. The fourth-order valence-electron chi connectivity index (χ4n) is 4.16. The zero-order valence-electron chi connectivity index (χ0n) is 19.8. The molecule has 1 amide bonds. The number of hydrogen-bond acceptors (Lipinski definition) is 5. The molecule has 0 saturated carbocycles. The average Bonchev–Trinajstić information content (AvgIpc) is 3.21. The fraction of sp³-hybridized carbons (Fsp3) is 0.269. The van der Waals surface area contributed by atoms with Crippen molar-refractivity contribution in [3.05, 3.63) is 83.1 Å². The van der Waals surface area contributed by atoms with Crippen LogP contribution in [0.1, 0.15) is 56.0 Å². The number of carbonyl (C=O) groups excluding carboxylic acids is 1. The van der Waals surface area contributed by atoms with Crippen molar-refractivity contribution < 1.29 is 17.6 Å². The van der Waals surface area contributed by atoms with E-state index in [0.29, 0.717) is 35.2 Å². The molecule has 0 radical (unpaired) electrons. The maximum Gasteiger partial charge on any atom is 0.252 e. The van der Waals surface area contributed by atoms with E-state index >= 15 is 0 Å². The van der Waals surface area contributed by atoms with E-state index < -0.39 is 15.9 Å². The molecule has 0 spiro atoms. The van der Waals surface area contributed by atoms with Gasteiger partial charge in [-0.2, -0.15) is 5.10 Å². The van der Waals surface area contributed by atoms with Crippen LogP contribution in [0.5, 0.6) is 0 Å². The SMILES string of the molecule is CCC(NC(=O)C1=C(C)CCC=Cc2c1cnn2-c1ccc(F)cc1)c1ccnc(S(C)(=O)=O)c1. The van der Waals surface area contributed by atoms with E-state index in [-0.39, 0.29) is 16.8 Å². The van der Waals surface area contributed by atoms with Crippen molar-refractivity contribution >= 4 is 27.4 Å². The summed E-state index contributed by atoms with van der Waals surface area (Å²) >= 11 is 0. The molecular weight excluding hydrogens is 467 g/mol. The van der Waals surface area contributed by atoms with Gasteiger partial charge in [0.15, 0.2) is 14.9 Å². The number of nitrogens with zero attached hydrogens (tertiary/aromatic N) is 3. The zero-order valence-corrected chi connectivity index (χ0v) is 20.6. The predicted molar refractivity (Wildman–Crippen MR) is 133 cm³/mol. The highest BCUT2D eigenvalue weighted by Gasteiger charge is 2.25. The van der Waals surface area contributed by atoms with Gasteiger partial charge in [-0.15, -0.1) is 0 Å². The molecule has 7 nitrogen and oxygen atoms in total. The Morgan fingerprint density at radius 1 is 1.23 bits per heavy atom. The standard InChI is InChI=1S/C26H27FN4O3S/c1-4-22(18-13-14-28-24(15-18)35(3,33)34)30-26(32)25-17(2)7-5-6-8-23-21(25)16-29-31(23)20-11-9-19(27)10-12-20/h6,8-16,22H,4-5,7H2,1-3H3,(H,30,32). The lowest BCUT2D eigenvalue weighted by Crippen LogP contribution is -2.30. The molecule has 1 aromatic carbocycles. The second-order valence-electron chi connectivity index (χ2n) is 8.56. The molecule has 2 heterocycles. The summed E-state index contributed by atoms with van der Waals surface area (Å²) in [5.41, 5.74) is 4.23. The Morgan fingerprint density at radius 2 is 1.97 bits per heavy atom. The van der Waals surface area contributed by atoms with Gasteiger partial charge in [-0.3, -0.25) is 4.79 Å². The van der Waals surface area contributed by atoms with Crippen LogP contribution in [0.25, 0.3) is 17.3 Å². The third-order valence-electron chi connectivity index (χ3n) is 6.02. The van der Waals surface area contributed by atoms with Gasteiger partial charge in [0.25, 0.3) is 5.91 Å². The van der Waals surface area contributed by atoms with Crippen LogP contribution in [-0.2, 0) is 14.6 Å². The molecular formula is C26H27FN4O3S. The summed E-state index contributed by atoms with van der Waals surface area (Å²) in [6.07, 6.45) is 10.2. The number of sulfone groups is 1. The van der Waals surface area contributed by atoms with Crippen LogP contribution in [0.3, 0.4) is 0 Å². The first-order valence-corrected chi connectivity index (χ1v) is 13.3. The highest BCUT2D eigenvalue weighted by atomic mass is 32.2. The van der Waals surface area contributed by atoms with Crippen LogP contribution in [0.2, 0.25) is 0 Å². The van der Waals surface area contributed by atoms with Crippen molar-refractivity contribution in [1.82, 2.24) is 20.1 Å². The predicted octanol–water partition coefficient (Wildman–Crippen LogP) is 4.66. The van der Waals surface area contributed by atoms with E-state index in [0.717, 1.165) is 23.9 Å². The van der Waals surface area contributed by atoms with Gasteiger partial charge in [-0.25, -0.2) is 22.5 Å². The maximum atomic E-state index is 13.6. The molecule has 1 unspecified atom stereocenters. The number of carbonyl (C=O) groups is 1. The Hall–Kier alpha value is -3.59. The first-order chi connectivity index (χ1) is 16.7. The van der Waals surface area contributed by atoms with E-state index in [1.807, 2.05) is 26.0 Å². The number of amides is 1. The highest BCUT2D eigenvalue weighted by Crippen LogP contribution is 2.31. The van der Waals surface area contributed by atoms with Gasteiger partial charge in [0.05, 0.1) is 23.6 Å². The van der Waals surface area contributed by atoms with Crippen LogP contribution in [-0.4, -0.2) is 35.3 Å². The summed E-state index contributed by atoms with van der Waals surface area (Å²) in [7, 11) is -3.48. The van der Waals surface area contributed by atoms with Crippen molar-refractivity contribution in [2.75, 3.05) is 6.26 Å². The van der Waals surface area contributed by atoms with Crippen molar-refractivity contribution in [3.63, 3.8) is 0 Å². The molecule has 0 bridgehead atoms. The normalized spacial score (nSPS) is 14.7. The number of pyridine rings is 1. The van der Waals surface area contributed by atoms with E-state index in [4.69, 9.17) is 0 Å². The first-order valence-electron chi connectivity index (χ1n) is 11.4. The first kappa shape index (κ1) is 24.5. The van der Waals surface area contributed by atoms with Gasteiger partial charge in [0.1, 0.15) is 5.82 Å². The van der Waals surface area contributed by atoms with Gasteiger partial charge < -0.3 is 5.32 Å². The molecule has 1 aliphatic rings. The smallest absolute Gasteiger partial charge is 0.252 e. The summed E-state index contributed by atoms with van der Waals surface area (Å²) < 4.78 is 39.1. The molecule has 1 aliphatic carbocycles. The lowest BCUT2D eigenvalue weighted by Gasteiger charge is -2.21. The minimum absolute atomic E-state index is 0.0305. The summed E-state index contributed by atoms with van der Waals surface area (Å²) in [4.78, 5) is 17.6. The van der Waals surface area contributed by atoms with Gasteiger partial charge in [-0.05, 0) is 74.2 Å².